The fraction of sp³-hybridized carbons (Fsp3) is 0.250. The summed E-state index contributed by atoms with van der Waals surface area (Å²) >= 11 is 12.1. The minimum atomic E-state index is -2.08. The number of hydrogen-bond donors (Lipinski definition) is 8. The molecule has 2 heterocycles. The van der Waals surface area contributed by atoms with E-state index in [4.69, 9.17) is 27.9 Å². The number of benzene rings is 3. The van der Waals surface area contributed by atoms with Gasteiger partial charge >= 0.3 is 30.9 Å². The van der Waals surface area contributed by atoms with Gasteiger partial charge in [0.05, 0.1) is 21.5 Å². The number of aromatic hydroxyl groups is 3. The Morgan fingerprint density at radius 3 is 2.41 bits per heavy atom. The van der Waals surface area contributed by atoms with Crippen LogP contribution in [0.1, 0.15) is 44.3 Å². The first kappa shape index (κ1) is 39.4. The van der Waals surface area contributed by atoms with Crippen molar-refractivity contribution in [2.24, 2.45) is 0 Å². The maximum Gasteiger partial charge on any atom is 0.547 e. The van der Waals surface area contributed by atoms with Crippen LogP contribution in [-0.2, 0) is 20.8 Å². The van der Waals surface area contributed by atoms with Crippen LogP contribution in [0.25, 0.3) is 0 Å². The lowest BCUT2D eigenvalue weighted by Crippen LogP contribution is -2.60. The molecule has 0 radical (unpaired) electrons. The Hall–Kier alpha value is -5.86. The van der Waals surface area contributed by atoms with Gasteiger partial charge < -0.3 is 51.0 Å². The second-order valence-corrected chi connectivity index (χ2v) is 12.6. The van der Waals surface area contributed by atoms with Crippen molar-refractivity contribution in [3.63, 3.8) is 0 Å². The minimum absolute atomic E-state index is 0.0145. The molecule has 1 saturated heterocycles. The summed E-state index contributed by atoms with van der Waals surface area (Å²) in [7, 11) is -1.98. The summed E-state index contributed by atoms with van der Waals surface area (Å²) in [6.45, 7) is -0.575. The molecule has 8 N–H and O–H groups in total. The Morgan fingerprint density at radius 1 is 0.981 bits per heavy atom. The van der Waals surface area contributed by atoms with Crippen LogP contribution >= 0.6 is 23.2 Å². The predicted octanol–water partition coefficient (Wildman–Crippen LogP) is 1.47. The molecule has 6 amide bonds. The van der Waals surface area contributed by atoms with Crippen LogP contribution in [0.4, 0.5) is 13.6 Å². The van der Waals surface area contributed by atoms with Gasteiger partial charge in [-0.1, -0.05) is 35.3 Å². The van der Waals surface area contributed by atoms with Crippen LogP contribution in [0.15, 0.2) is 36.4 Å². The minimum Gasteiger partial charge on any atom is -0.534 e. The van der Waals surface area contributed by atoms with E-state index in [1.165, 1.54) is 18.2 Å². The Kier molecular flexibility index (Phi) is 11.7. The van der Waals surface area contributed by atoms with Crippen molar-refractivity contribution in [3.8, 4) is 23.0 Å². The lowest BCUT2D eigenvalue weighted by atomic mass is 9.72. The van der Waals surface area contributed by atoms with Crippen molar-refractivity contribution in [1.82, 2.24) is 25.8 Å². The summed E-state index contributed by atoms with van der Waals surface area (Å²) in [5, 5.41) is 55.8. The molecule has 0 saturated carbocycles. The summed E-state index contributed by atoms with van der Waals surface area (Å²) in [6, 6.07) is 3.17. The number of phenolic OH excluding ortho intramolecular Hbond substituents is 3. The number of fused-ring (bicyclic) bond motifs is 1. The Balaban J connectivity index is 1.28. The number of hydrogen-bond acceptors (Lipinski definition) is 11. The van der Waals surface area contributed by atoms with Crippen LogP contribution in [-0.4, -0.2) is 110 Å². The SMILES string of the molecule is O=C(NCCCN1CCN(C(=O)N[C@H](C(=O)N[C@H]2Cc3ccc(F)c(C(=O)O)c3OB2O)c2cc(F)c(O)c(O)c2Cl)C(=O)C1=O)c1cccc(O)c1Cl. The fourth-order valence-electron chi connectivity index (χ4n) is 5.69. The van der Waals surface area contributed by atoms with E-state index in [0.717, 1.165) is 17.0 Å². The van der Waals surface area contributed by atoms with E-state index in [1.807, 2.05) is 0 Å². The number of nitrogens with one attached hydrogen (secondary N) is 3. The third kappa shape index (κ3) is 7.89. The Morgan fingerprint density at radius 2 is 1.70 bits per heavy atom. The molecule has 0 aliphatic carbocycles. The number of urea groups is 1. The zero-order chi connectivity index (χ0) is 39.6. The highest BCUT2D eigenvalue weighted by Crippen LogP contribution is 2.41. The van der Waals surface area contributed by atoms with Gasteiger partial charge in [-0.2, -0.15) is 0 Å². The second-order valence-electron chi connectivity index (χ2n) is 11.9. The molecule has 2 aliphatic rings. The first-order valence-corrected chi connectivity index (χ1v) is 16.5. The van der Waals surface area contributed by atoms with E-state index in [0.29, 0.717) is 11.0 Å². The molecule has 22 heteroatoms. The van der Waals surface area contributed by atoms with E-state index in [-0.39, 0.29) is 54.4 Å². The number of phenols is 3. The fourth-order valence-corrected chi connectivity index (χ4v) is 6.15. The van der Waals surface area contributed by atoms with Crippen LogP contribution < -0.4 is 20.6 Å². The van der Waals surface area contributed by atoms with Gasteiger partial charge in [-0.25, -0.2) is 18.4 Å². The number of carbonyl (C=O) groups is 6. The van der Waals surface area contributed by atoms with Crippen LogP contribution in [0, 0.1) is 11.6 Å². The van der Waals surface area contributed by atoms with Gasteiger partial charge in [0.25, 0.3) is 5.91 Å². The van der Waals surface area contributed by atoms with E-state index < -0.39 is 106 Å². The molecular formula is C32H28BCl2F2N5O12. The average molecular weight is 794 g/mol. The molecule has 2 aliphatic heterocycles. The third-order valence-corrected chi connectivity index (χ3v) is 9.25. The topological polar surface area (TPSA) is 255 Å². The number of halogens is 4. The number of carboxylic acids is 1. The lowest BCUT2D eigenvalue weighted by molar-refractivity contribution is -0.153. The number of carboxylic acid groups (broad SMARTS) is 1. The number of piperazine rings is 1. The number of amides is 6. The monoisotopic (exact) mass is 793 g/mol. The van der Waals surface area contributed by atoms with E-state index >= 15 is 0 Å². The predicted molar refractivity (Wildman–Crippen MR) is 182 cm³/mol. The van der Waals surface area contributed by atoms with Gasteiger partial charge in [0, 0.05) is 31.7 Å². The van der Waals surface area contributed by atoms with Gasteiger partial charge in [-0.3, -0.25) is 24.1 Å². The molecule has 3 aromatic carbocycles. The zero-order valence-electron chi connectivity index (χ0n) is 27.4. The van der Waals surface area contributed by atoms with E-state index in [1.54, 1.807) is 0 Å². The summed E-state index contributed by atoms with van der Waals surface area (Å²) < 4.78 is 34.0. The summed E-state index contributed by atoms with van der Waals surface area (Å²) in [5.41, 5.74) is -1.43. The van der Waals surface area contributed by atoms with Gasteiger partial charge in [0.15, 0.2) is 17.3 Å². The number of aromatic carboxylic acids is 1. The van der Waals surface area contributed by atoms with Gasteiger partial charge in [0.1, 0.15) is 28.9 Å². The van der Waals surface area contributed by atoms with Crippen LogP contribution in [0.2, 0.25) is 10.0 Å². The van der Waals surface area contributed by atoms with Gasteiger partial charge in [-0.15, -0.1) is 0 Å². The number of rotatable bonds is 10. The molecule has 0 bridgehead atoms. The molecule has 1 fully saturated rings. The van der Waals surface area contributed by atoms with Crippen molar-refractivity contribution in [2.45, 2.75) is 24.8 Å². The van der Waals surface area contributed by atoms with Gasteiger partial charge in [-0.05, 0) is 42.7 Å². The van der Waals surface area contributed by atoms with Gasteiger partial charge in [0.2, 0.25) is 5.91 Å². The maximum atomic E-state index is 14.6. The third-order valence-electron chi connectivity index (χ3n) is 8.45. The molecule has 54 heavy (non-hydrogen) atoms. The van der Waals surface area contributed by atoms with Crippen LogP contribution in [0.5, 0.6) is 23.0 Å². The highest BCUT2D eigenvalue weighted by molar-refractivity contribution is 6.47. The Labute approximate surface area is 313 Å². The van der Waals surface area contributed by atoms with Crippen molar-refractivity contribution < 1.29 is 67.7 Å². The van der Waals surface area contributed by atoms with Crippen molar-refractivity contribution in [2.75, 3.05) is 26.2 Å². The molecule has 2 atom stereocenters. The lowest BCUT2D eigenvalue weighted by Gasteiger charge is -2.34. The normalized spacial score (nSPS) is 15.9. The molecule has 284 valence electrons. The standard InChI is InChI=1S/C32H28BCl2F2N5O12/c34-21-14(3-1-4-18(21)43)27(46)38-7-2-8-41-9-10-42(30(49)29(41)48)32(52)40-23(15-12-17(37)24(44)25(45)22(15)35)28(47)39-19-11-13-5-6-16(36)20(31(50)51)26(13)54-33(19)53/h1,3-6,12,19,23,43-45,53H,2,7-11H2,(H,38,46)(H,39,47)(H,40,52)(H,50,51)/t19-,23-/m0/s1. The summed E-state index contributed by atoms with van der Waals surface area (Å²) in [5.74, 6) is -13.3. The highest BCUT2D eigenvalue weighted by Gasteiger charge is 2.42. The number of carbonyl (C=O) groups excluding carboxylic acids is 5. The Bertz CT molecular complexity index is 2080. The molecule has 0 aromatic heterocycles. The number of nitrogens with zero attached hydrogens (tertiary/aromatic N) is 2. The number of imide groups is 1. The van der Waals surface area contributed by atoms with E-state index in [2.05, 4.69) is 16.0 Å². The highest BCUT2D eigenvalue weighted by atomic mass is 35.5. The largest absolute Gasteiger partial charge is 0.547 e. The molecule has 17 nitrogen and oxygen atoms in total. The second kappa shape index (κ2) is 16.0. The smallest absolute Gasteiger partial charge is 0.534 e. The first-order chi connectivity index (χ1) is 25.5. The molecule has 5 rings (SSSR count). The zero-order valence-corrected chi connectivity index (χ0v) is 29.0. The summed E-state index contributed by atoms with van der Waals surface area (Å²) in [6.07, 6.45) is -0.174. The quantitative estimate of drug-likeness (QED) is 0.0629. The molecule has 0 unspecified atom stereocenters. The molecule has 3 aromatic rings. The maximum absolute atomic E-state index is 14.6. The molecular weight excluding hydrogens is 766 g/mol. The van der Waals surface area contributed by atoms with E-state index in [9.17, 15) is 63.0 Å². The van der Waals surface area contributed by atoms with Crippen molar-refractivity contribution in [1.29, 1.82) is 0 Å². The first-order valence-electron chi connectivity index (χ1n) is 15.8. The summed E-state index contributed by atoms with van der Waals surface area (Å²) in [4.78, 5) is 78.7. The van der Waals surface area contributed by atoms with Crippen molar-refractivity contribution in [3.05, 3.63) is 80.3 Å². The average Bonchev–Trinajstić information content (AvgIpc) is 3.12. The van der Waals surface area contributed by atoms with Crippen LogP contribution in [0.3, 0.4) is 0 Å². The van der Waals surface area contributed by atoms with Crippen molar-refractivity contribution >= 4 is 65.9 Å². The molecule has 0 spiro atoms.